The number of hydrogen-bond donors (Lipinski definition) is 0. The van der Waals surface area contributed by atoms with Crippen LogP contribution in [0.4, 0.5) is 4.39 Å². The molecular weight excluding hydrogens is 399 g/mol. The predicted octanol–water partition coefficient (Wildman–Crippen LogP) is 3.08. The molecule has 6 nitrogen and oxygen atoms in total. The number of aryl methyl sites for hydroxylation is 1. The first-order valence-corrected chi connectivity index (χ1v) is 10.5. The summed E-state index contributed by atoms with van der Waals surface area (Å²) in [5.41, 5.74) is 1.80. The molecule has 0 spiro atoms. The van der Waals surface area contributed by atoms with Gasteiger partial charge in [0.1, 0.15) is 5.82 Å². The summed E-state index contributed by atoms with van der Waals surface area (Å²) < 4.78 is 23.6. The van der Waals surface area contributed by atoms with Crippen molar-refractivity contribution < 1.29 is 23.5 Å². The van der Waals surface area contributed by atoms with Gasteiger partial charge in [0, 0.05) is 32.6 Å². The molecule has 0 bridgehead atoms. The van der Waals surface area contributed by atoms with Gasteiger partial charge in [-0.3, -0.25) is 9.59 Å². The molecule has 0 unspecified atom stereocenters. The zero-order chi connectivity index (χ0) is 22.2. The van der Waals surface area contributed by atoms with E-state index < -0.39 is 0 Å². The number of nitrogens with zero attached hydrogens (tertiary/aromatic N) is 2. The number of ether oxygens (including phenoxy) is 2. The van der Waals surface area contributed by atoms with Gasteiger partial charge in [0.25, 0.3) is 0 Å². The van der Waals surface area contributed by atoms with E-state index in [0.717, 1.165) is 17.5 Å². The zero-order valence-corrected chi connectivity index (χ0v) is 18.1. The van der Waals surface area contributed by atoms with Crippen LogP contribution >= 0.6 is 0 Å². The van der Waals surface area contributed by atoms with E-state index in [2.05, 4.69) is 0 Å². The fourth-order valence-corrected chi connectivity index (χ4v) is 3.75. The van der Waals surface area contributed by atoms with Crippen molar-refractivity contribution in [3.05, 3.63) is 59.4 Å². The third-order valence-electron chi connectivity index (χ3n) is 5.55. The Balaban J connectivity index is 1.50. The molecule has 7 heteroatoms. The van der Waals surface area contributed by atoms with Crippen LogP contribution in [0, 0.1) is 5.82 Å². The van der Waals surface area contributed by atoms with Crippen LogP contribution in [0.3, 0.4) is 0 Å². The van der Waals surface area contributed by atoms with Crippen LogP contribution < -0.4 is 9.47 Å². The van der Waals surface area contributed by atoms with Crippen LogP contribution in [0.25, 0.3) is 0 Å². The van der Waals surface area contributed by atoms with Gasteiger partial charge in [-0.2, -0.15) is 0 Å². The van der Waals surface area contributed by atoms with E-state index in [-0.39, 0.29) is 24.1 Å². The average Bonchev–Trinajstić information content (AvgIpc) is 3.05. The van der Waals surface area contributed by atoms with Gasteiger partial charge >= 0.3 is 0 Å². The van der Waals surface area contributed by atoms with Gasteiger partial charge in [-0.1, -0.05) is 18.2 Å². The van der Waals surface area contributed by atoms with Gasteiger partial charge in [-0.15, -0.1) is 0 Å². The summed E-state index contributed by atoms with van der Waals surface area (Å²) in [6, 6.07) is 11.7. The standard InChI is InChI=1S/C24H29FN2O4/c1-30-21-10-6-18(16-22(21)31-2)7-11-23(28)26-12-3-13-27(15-14-26)24(29)17-19-4-8-20(25)9-5-19/h4-6,8-10,16H,3,7,11-15,17H2,1-2H3. The molecule has 1 aliphatic rings. The van der Waals surface area contributed by atoms with E-state index in [0.29, 0.717) is 50.5 Å². The molecule has 0 N–H and O–H groups in total. The van der Waals surface area contributed by atoms with Crippen LogP contribution in [0.5, 0.6) is 11.5 Å². The minimum Gasteiger partial charge on any atom is -0.493 e. The van der Waals surface area contributed by atoms with Gasteiger partial charge in [0.2, 0.25) is 11.8 Å². The SMILES string of the molecule is COc1ccc(CCC(=O)N2CCCN(C(=O)Cc3ccc(F)cc3)CC2)cc1OC. The Bertz CT molecular complexity index is 901. The number of carbonyl (C=O) groups is 2. The highest BCUT2D eigenvalue weighted by molar-refractivity contribution is 5.79. The molecule has 1 saturated heterocycles. The Morgan fingerprint density at radius 2 is 1.45 bits per heavy atom. The van der Waals surface area contributed by atoms with Crippen molar-refractivity contribution in [1.29, 1.82) is 0 Å². The summed E-state index contributed by atoms with van der Waals surface area (Å²) in [5, 5.41) is 0. The fraction of sp³-hybridized carbons (Fsp3) is 0.417. The Hall–Kier alpha value is -3.09. The molecule has 3 rings (SSSR count). The molecular formula is C24H29FN2O4. The van der Waals surface area contributed by atoms with E-state index >= 15 is 0 Å². The van der Waals surface area contributed by atoms with Gasteiger partial charge in [0.05, 0.1) is 20.6 Å². The number of amides is 2. The maximum Gasteiger partial charge on any atom is 0.227 e. The zero-order valence-electron chi connectivity index (χ0n) is 18.1. The summed E-state index contributed by atoms with van der Waals surface area (Å²) in [5.74, 6) is 1.09. The Morgan fingerprint density at radius 1 is 0.839 bits per heavy atom. The Labute approximate surface area is 182 Å². The maximum absolute atomic E-state index is 13.0. The molecule has 0 aromatic heterocycles. The monoisotopic (exact) mass is 428 g/mol. The number of rotatable bonds is 7. The molecule has 0 atom stereocenters. The molecule has 2 aromatic carbocycles. The van der Waals surface area contributed by atoms with E-state index in [1.807, 2.05) is 23.1 Å². The lowest BCUT2D eigenvalue weighted by Gasteiger charge is -2.22. The number of methoxy groups -OCH3 is 2. The lowest BCUT2D eigenvalue weighted by Crippen LogP contribution is -2.38. The lowest BCUT2D eigenvalue weighted by atomic mass is 10.1. The molecule has 166 valence electrons. The number of carbonyl (C=O) groups excluding carboxylic acids is 2. The van der Waals surface area contributed by atoms with E-state index in [1.54, 1.807) is 31.3 Å². The smallest absolute Gasteiger partial charge is 0.227 e. The summed E-state index contributed by atoms with van der Waals surface area (Å²) >= 11 is 0. The molecule has 0 aliphatic carbocycles. The first-order valence-electron chi connectivity index (χ1n) is 10.5. The van der Waals surface area contributed by atoms with Crippen LogP contribution in [-0.2, 0) is 22.4 Å². The van der Waals surface area contributed by atoms with Crippen molar-refractivity contribution >= 4 is 11.8 Å². The van der Waals surface area contributed by atoms with Crippen molar-refractivity contribution in [3.8, 4) is 11.5 Å². The summed E-state index contributed by atoms with van der Waals surface area (Å²) in [7, 11) is 3.18. The quantitative estimate of drug-likeness (QED) is 0.680. The van der Waals surface area contributed by atoms with Crippen LogP contribution in [0.15, 0.2) is 42.5 Å². The van der Waals surface area contributed by atoms with Crippen molar-refractivity contribution in [2.24, 2.45) is 0 Å². The first kappa shape index (κ1) is 22.6. The van der Waals surface area contributed by atoms with E-state index in [4.69, 9.17) is 9.47 Å². The number of benzene rings is 2. The Kier molecular flexibility index (Phi) is 7.87. The number of halogens is 1. The van der Waals surface area contributed by atoms with Gasteiger partial charge in [0.15, 0.2) is 11.5 Å². The van der Waals surface area contributed by atoms with Crippen LogP contribution in [-0.4, -0.2) is 62.0 Å². The average molecular weight is 429 g/mol. The largest absolute Gasteiger partial charge is 0.493 e. The second kappa shape index (κ2) is 10.8. The summed E-state index contributed by atoms with van der Waals surface area (Å²) in [6.45, 7) is 2.31. The minimum absolute atomic E-state index is 0.00577. The molecule has 31 heavy (non-hydrogen) atoms. The van der Waals surface area contributed by atoms with Gasteiger partial charge in [-0.25, -0.2) is 4.39 Å². The molecule has 0 radical (unpaired) electrons. The Morgan fingerprint density at radius 3 is 2.10 bits per heavy atom. The third-order valence-corrected chi connectivity index (χ3v) is 5.55. The predicted molar refractivity (Wildman–Crippen MR) is 116 cm³/mol. The van der Waals surface area contributed by atoms with E-state index in [1.165, 1.54) is 12.1 Å². The second-order valence-corrected chi connectivity index (χ2v) is 7.61. The second-order valence-electron chi connectivity index (χ2n) is 7.61. The van der Waals surface area contributed by atoms with Crippen molar-refractivity contribution in [2.45, 2.75) is 25.7 Å². The lowest BCUT2D eigenvalue weighted by molar-refractivity contribution is -0.133. The fourth-order valence-electron chi connectivity index (χ4n) is 3.75. The van der Waals surface area contributed by atoms with E-state index in [9.17, 15) is 14.0 Å². The molecule has 1 heterocycles. The number of hydrogen-bond acceptors (Lipinski definition) is 4. The summed E-state index contributed by atoms with van der Waals surface area (Å²) in [4.78, 5) is 29.0. The molecule has 1 aliphatic heterocycles. The van der Waals surface area contributed by atoms with Crippen molar-refractivity contribution in [1.82, 2.24) is 9.80 Å². The van der Waals surface area contributed by atoms with Gasteiger partial charge in [-0.05, 0) is 48.2 Å². The topological polar surface area (TPSA) is 59.1 Å². The minimum atomic E-state index is -0.312. The van der Waals surface area contributed by atoms with Gasteiger partial charge < -0.3 is 19.3 Å². The van der Waals surface area contributed by atoms with Crippen LogP contribution in [0.2, 0.25) is 0 Å². The highest BCUT2D eigenvalue weighted by Gasteiger charge is 2.22. The van der Waals surface area contributed by atoms with Crippen molar-refractivity contribution in [3.63, 3.8) is 0 Å². The summed E-state index contributed by atoms with van der Waals surface area (Å²) in [6.07, 6.45) is 2.01. The third kappa shape index (κ3) is 6.20. The van der Waals surface area contributed by atoms with Crippen molar-refractivity contribution in [2.75, 3.05) is 40.4 Å². The highest BCUT2D eigenvalue weighted by atomic mass is 19.1. The first-order chi connectivity index (χ1) is 15.0. The molecule has 1 fully saturated rings. The molecule has 2 amide bonds. The normalized spacial score (nSPS) is 14.2. The molecule has 0 saturated carbocycles. The molecule has 2 aromatic rings. The van der Waals surface area contributed by atoms with Crippen LogP contribution in [0.1, 0.15) is 24.0 Å². The maximum atomic E-state index is 13.0. The highest BCUT2D eigenvalue weighted by Crippen LogP contribution is 2.28.